The minimum atomic E-state index is -0.462. The highest BCUT2D eigenvalue weighted by Gasteiger charge is 2.15. The fourth-order valence-corrected chi connectivity index (χ4v) is 3.79. The number of nitrogens with one attached hydrogen (secondary N) is 1. The third kappa shape index (κ3) is 3.23. The van der Waals surface area contributed by atoms with Crippen molar-refractivity contribution in [2.24, 2.45) is 0 Å². The summed E-state index contributed by atoms with van der Waals surface area (Å²) in [5.41, 5.74) is 8.29. The number of nitrogen functional groups attached to an aromatic ring is 1. The van der Waals surface area contributed by atoms with Gasteiger partial charge in [-0.15, -0.1) is 0 Å². The van der Waals surface area contributed by atoms with Crippen LogP contribution in [0.1, 0.15) is 0 Å². The number of benzene rings is 2. The Kier molecular flexibility index (Phi) is 4.26. The molecule has 4 rings (SSSR count). The van der Waals surface area contributed by atoms with Gasteiger partial charge in [0, 0.05) is 17.8 Å². The van der Waals surface area contributed by atoms with Gasteiger partial charge in [0.1, 0.15) is 11.3 Å². The Morgan fingerprint density at radius 1 is 1.11 bits per heavy atom. The fourth-order valence-electron chi connectivity index (χ4n) is 2.57. The van der Waals surface area contributed by atoms with E-state index in [-0.39, 0.29) is 10.5 Å². The van der Waals surface area contributed by atoms with Crippen molar-refractivity contribution in [3.63, 3.8) is 0 Å². The normalized spacial score (nSPS) is 10.8. The third-order valence-corrected chi connectivity index (χ3v) is 4.96. The Bertz CT molecular complexity index is 1200. The second kappa shape index (κ2) is 6.74. The van der Waals surface area contributed by atoms with Gasteiger partial charge in [0.05, 0.1) is 10.6 Å². The second-order valence-corrected chi connectivity index (χ2v) is 6.90. The molecular formula is C17H12N6O2S2. The molecule has 0 spiro atoms. The van der Waals surface area contributed by atoms with Crippen molar-refractivity contribution in [2.75, 3.05) is 11.1 Å². The molecule has 2 aromatic heterocycles. The molecule has 27 heavy (non-hydrogen) atoms. The number of nitro benzene ring substituents is 1. The summed E-state index contributed by atoms with van der Waals surface area (Å²) < 4.78 is 1.80. The number of rotatable bonds is 4. The number of anilines is 3. The molecular weight excluding hydrogens is 384 g/mol. The summed E-state index contributed by atoms with van der Waals surface area (Å²) in [5, 5.41) is 14.7. The first kappa shape index (κ1) is 17.1. The first-order valence-corrected chi connectivity index (χ1v) is 9.01. The average molecular weight is 396 g/mol. The number of nitrogens with zero attached hydrogens (tertiary/aromatic N) is 4. The molecule has 0 fully saturated rings. The Balaban J connectivity index is 1.78. The number of hydrogen-bond donors (Lipinski definition) is 2. The van der Waals surface area contributed by atoms with Crippen LogP contribution < -0.4 is 11.1 Å². The van der Waals surface area contributed by atoms with E-state index in [0.29, 0.717) is 27.0 Å². The molecule has 0 aliphatic rings. The van der Waals surface area contributed by atoms with E-state index in [1.165, 1.54) is 23.5 Å². The summed E-state index contributed by atoms with van der Waals surface area (Å²) in [5.74, 6) is 0.330. The lowest BCUT2D eigenvalue weighted by Crippen LogP contribution is -2.07. The van der Waals surface area contributed by atoms with Gasteiger partial charge >= 0.3 is 0 Å². The number of thiazole rings is 1. The highest BCUT2D eigenvalue weighted by Crippen LogP contribution is 2.31. The number of fused-ring (bicyclic) bond motifs is 1. The zero-order chi connectivity index (χ0) is 19.0. The van der Waals surface area contributed by atoms with E-state index in [1.807, 2.05) is 30.3 Å². The van der Waals surface area contributed by atoms with E-state index in [2.05, 4.69) is 15.3 Å². The summed E-state index contributed by atoms with van der Waals surface area (Å²) >= 11 is 6.72. The van der Waals surface area contributed by atoms with Crippen LogP contribution in [0.4, 0.5) is 22.3 Å². The third-order valence-electron chi connectivity index (χ3n) is 3.83. The van der Waals surface area contributed by atoms with E-state index in [1.54, 1.807) is 16.7 Å². The molecule has 0 saturated carbocycles. The number of non-ortho nitro benzene ring substituents is 1. The fraction of sp³-hybridized carbons (Fsp3) is 0. The molecule has 0 saturated heterocycles. The number of nitrogens with two attached hydrogens (primary N) is 1. The Labute approximate surface area is 162 Å². The molecule has 0 aliphatic heterocycles. The van der Waals surface area contributed by atoms with Gasteiger partial charge in [0.15, 0.2) is 9.96 Å². The summed E-state index contributed by atoms with van der Waals surface area (Å²) in [6.45, 7) is 0. The van der Waals surface area contributed by atoms with Crippen molar-refractivity contribution in [1.82, 2.24) is 14.5 Å². The van der Waals surface area contributed by atoms with Crippen molar-refractivity contribution in [2.45, 2.75) is 0 Å². The van der Waals surface area contributed by atoms with E-state index in [0.717, 1.165) is 5.69 Å². The van der Waals surface area contributed by atoms with Crippen molar-refractivity contribution >= 4 is 56.2 Å². The second-order valence-electron chi connectivity index (χ2n) is 5.55. The largest absolute Gasteiger partial charge is 0.383 e. The summed E-state index contributed by atoms with van der Waals surface area (Å²) in [7, 11) is 0. The maximum atomic E-state index is 10.8. The highest BCUT2D eigenvalue weighted by molar-refractivity contribution is 7.71. The van der Waals surface area contributed by atoms with Crippen LogP contribution in [-0.2, 0) is 0 Å². The van der Waals surface area contributed by atoms with E-state index >= 15 is 0 Å². The first-order chi connectivity index (χ1) is 13.0. The first-order valence-electron chi connectivity index (χ1n) is 7.79. The van der Waals surface area contributed by atoms with Crippen LogP contribution in [0.5, 0.6) is 0 Å². The summed E-state index contributed by atoms with van der Waals surface area (Å²) in [4.78, 5) is 19.9. The van der Waals surface area contributed by atoms with Gasteiger partial charge in [-0.05, 0) is 36.5 Å². The standard InChI is InChI=1S/C17H12N6O2S2/c18-14-13-15(27-16(20-13)19-10-4-2-1-3-5-10)21-17(26)22(14)11-6-8-12(9-7-11)23(24)25/h1-9H,18H2,(H,19,20). The molecule has 134 valence electrons. The van der Waals surface area contributed by atoms with Crippen LogP contribution in [-0.4, -0.2) is 19.5 Å². The predicted octanol–water partition coefficient (Wildman–Crippen LogP) is 4.45. The quantitative estimate of drug-likeness (QED) is 0.298. The number of hydrogen-bond acceptors (Lipinski definition) is 8. The molecule has 0 unspecified atom stereocenters. The molecule has 0 atom stereocenters. The maximum Gasteiger partial charge on any atom is 0.269 e. The lowest BCUT2D eigenvalue weighted by Gasteiger charge is -2.10. The van der Waals surface area contributed by atoms with Crippen LogP contribution in [0.15, 0.2) is 54.6 Å². The zero-order valence-corrected chi connectivity index (χ0v) is 15.3. The molecule has 8 nitrogen and oxygen atoms in total. The van der Waals surface area contributed by atoms with Crippen LogP contribution in [0.25, 0.3) is 16.0 Å². The van der Waals surface area contributed by atoms with E-state index in [9.17, 15) is 10.1 Å². The topological polar surface area (TPSA) is 112 Å². The van der Waals surface area contributed by atoms with Crippen molar-refractivity contribution < 1.29 is 4.92 Å². The van der Waals surface area contributed by atoms with Crippen LogP contribution in [0.3, 0.4) is 0 Å². The molecule has 4 aromatic rings. The number of nitro groups is 1. The van der Waals surface area contributed by atoms with Gasteiger partial charge in [-0.25, -0.2) is 9.97 Å². The SMILES string of the molecule is Nc1c2nc(Nc3ccccc3)sc2nc(=S)n1-c1ccc([N+](=O)[O-])cc1. The lowest BCUT2D eigenvalue weighted by atomic mass is 10.3. The van der Waals surface area contributed by atoms with Crippen molar-refractivity contribution in [1.29, 1.82) is 0 Å². The van der Waals surface area contributed by atoms with Crippen LogP contribution in [0.2, 0.25) is 0 Å². The predicted molar refractivity (Wildman–Crippen MR) is 108 cm³/mol. The molecule has 0 aliphatic carbocycles. The monoisotopic (exact) mass is 396 g/mol. The Morgan fingerprint density at radius 2 is 1.81 bits per heavy atom. The van der Waals surface area contributed by atoms with Gasteiger partial charge in [0.25, 0.3) is 5.69 Å². The molecule has 0 radical (unpaired) electrons. The summed E-state index contributed by atoms with van der Waals surface area (Å²) in [6, 6.07) is 15.6. The van der Waals surface area contributed by atoms with Crippen LogP contribution in [0, 0.1) is 14.9 Å². The minimum Gasteiger partial charge on any atom is -0.383 e. The minimum absolute atomic E-state index is 0.0131. The molecule has 0 amide bonds. The Morgan fingerprint density at radius 3 is 2.48 bits per heavy atom. The molecule has 0 bridgehead atoms. The zero-order valence-electron chi connectivity index (χ0n) is 13.7. The number of para-hydroxylation sites is 1. The van der Waals surface area contributed by atoms with E-state index < -0.39 is 4.92 Å². The Hall–Kier alpha value is -3.37. The molecule has 3 N–H and O–H groups in total. The number of aromatic nitrogens is 3. The van der Waals surface area contributed by atoms with Gasteiger partial charge in [-0.3, -0.25) is 14.7 Å². The average Bonchev–Trinajstić information content (AvgIpc) is 3.05. The highest BCUT2D eigenvalue weighted by atomic mass is 32.1. The molecule has 10 heteroatoms. The smallest absolute Gasteiger partial charge is 0.269 e. The van der Waals surface area contributed by atoms with Crippen molar-refractivity contribution in [3.05, 3.63) is 69.5 Å². The van der Waals surface area contributed by atoms with E-state index in [4.69, 9.17) is 18.0 Å². The van der Waals surface area contributed by atoms with Gasteiger partial charge in [-0.1, -0.05) is 29.5 Å². The van der Waals surface area contributed by atoms with Gasteiger partial charge in [-0.2, -0.15) is 0 Å². The van der Waals surface area contributed by atoms with Crippen molar-refractivity contribution in [3.8, 4) is 5.69 Å². The van der Waals surface area contributed by atoms with Gasteiger partial charge < -0.3 is 11.1 Å². The maximum absolute atomic E-state index is 10.8. The molecule has 2 heterocycles. The summed E-state index contributed by atoms with van der Waals surface area (Å²) in [6.07, 6.45) is 0. The van der Waals surface area contributed by atoms with Crippen LogP contribution >= 0.6 is 23.6 Å². The molecule has 2 aromatic carbocycles. The van der Waals surface area contributed by atoms with Gasteiger partial charge in [0.2, 0.25) is 4.77 Å². The lowest BCUT2D eigenvalue weighted by molar-refractivity contribution is -0.384.